The minimum atomic E-state index is -0.800. The topological polar surface area (TPSA) is 77.8 Å². The Bertz CT molecular complexity index is 771. The van der Waals surface area contributed by atoms with Crippen molar-refractivity contribution in [2.45, 2.75) is 25.7 Å². The van der Waals surface area contributed by atoms with E-state index in [0.29, 0.717) is 25.1 Å². The van der Waals surface area contributed by atoms with Crippen molar-refractivity contribution in [2.75, 3.05) is 13.1 Å². The fourth-order valence-corrected chi connectivity index (χ4v) is 3.38. The molecule has 0 unspecified atom stereocenters. The van der Waals surface area contributed by atoms with Crippen LogP contribution in [0.2, 0.25) is 0 Å². The predicted octanol–water partition coefficient (Wildman–Crippen LogP) is 3.26. The number of likely N-dealkylation sites (tertiary alicyclic amines) is 1. The van der Waals surface area contributed by atoms with Gasteiger partial charge in [0.1, 0.15) is 5.75 Å². The van der Waals surface area contributed by atoms with Crippen LogP contribution in [0.4, 0.5) is 0 Å². The van der Waals surface area contributed by atoms with Gasteiger partial charge in [-0.1, -0.05) is 24.3 Å². The molecule has 1 fully saturated rings. The summed E-state index contributed by atoms with van der Waals surface area (Å²) in [7, 11) is 0. The predicted molar refractivity (Wildman–Crippen MR) is 91.1 cm³/mol. The summed E-state index contributed by atoms with van der Waals surface area (Å²) in [6.07, 6.45) is 2.53. The van der Waals surface area contributed by atoms with E-state index in [9.17, 15) is 14.7 Å². The smallest absolute Gasteiger partial charge is 0.303 e. The Kier molecular flexibility index (Phi) is 4.69. The maximum absolute atomic E-state index is 12.8. The summed E-state index contributed by atoms with van der Waals surface area (Å²) in [6.45, 7) is 1.20. The molecule has 1 atom stereocenters. The van der Waals surface area contributed by atoms with Crippen LogP contribution in [0.25, 0.3) is 10.8 Å². The molecule has 2 aromatic rings. The second kappa shape index (κ2) is 6.91. The number of carboxylic acid groups (broad SMARTS) is 1. The number of hydrogen-bond acceptors (Lipinski definition) is 3. The summed E-state index contributed by atoms with van der Waals surface area (Å²) < 4.78 is 0. The van der Waals surface area contributed by atoms with Crippen molar-refractivity contribution >= 4 is 22.6 Å². The molecule has 1 aliphatic rings. The number of piperidine rings is 1. The number of aliphatic carboxylic acids is 1. The van der Waals surface area contributed by atoms with E-state index >= 15 is 0 Å². The van der Waals surface area contributed by atoms with Crippen LogP contribution in [0.5, 0.6) is 5.75 Å². The molecule has 126 valence electrons. The minimum Gasteiger partial charge on any atom is -0.507 e. The van der Waals surface area contributed by atoms with Crippen LogP contribution in [0.3, 0.4) is 0 Å². The second-order valence-electron chi connectivity index (χ2n) is 6.41. The van der Waals surface area contributed by atoms with Gasteiger partial charge in [0.2, 0.25) is 0 Å². The fourth-order valence-electron chi connectivity index (χ4n) is 3.38. The molecular weight excluding hydrogens is 306 g/mol. The molecule has 1 saturated heterocycles. The highest BCUT2D eigenvalue weighted by Gasteiger charge is 2.26. The minimum absolute atomic E-state index is 0.00800. The van der Waals surface area contributed by atoms with Gasteiger partial charge in [-0.05, 0) is 48.1 Å². The molecule has 5 nitrogen and oxygen atoms in total. The van der Waals surface area contributed by atoms with Gasteiger partial charge in [0.05, 0.1) is 5.56 Å². The van der Waals surface area contributed by atoms with Crippen molar-refractivity contribution in [3.63, 3.8) is 0 Å². The fraction of sp³-hybridized carbons (Fsp3) is 0.368. The van der Waals surface area contributed by atoms with Crippen molar-refractivity contribution in [3.8, 4) is 5.75 Å². The van der Waals surface area contributed by atoms with Crippen molar-refractivity contribution in [2.24, 2.45) is 5.92 Å². The summed E-state index contributed by atoms with van der Waals surface area (Å²) in [4.78, 5) is 25.3. The number of rotatable bonds is 4. The number of carbonyl (C=O) groups is 2. The van der Waals surface area contributed by atoms with E-state index in [1.165, 1.54) is 0 Å². The number of fused-ring (bicyclic) bond motifs is 1. The van der Waals surface area contributed by atoms with Gasteiger partial charge >= 0.3 is 5.97 Å². The number of phenolic OH excluding ortho intramolecular Hbond substituents is 1. The zero-order valence-corrected chi connectivity index (χ0v) is 13.4. The lowest BCUT2D eigenvalue weighted by Crippen LogP contribution is -2.40. The standard InChI is InChI=1S/C19H21NO4/c21-17-11-15-6-2-1-5-14(15)10-16(17)19(24)20-9-3-4-13(12-20)7-8-18(22)23/h1-2,5-6,10-11,13,21H,3-4,7-9,12H2,(H,22,23)/t13-/m1/s1. The summed E-state index contributed by atoms with van der Waals surface area (Å²) in [5.74, 6) is -0.781. The molecule has 2 aromatic carbocycles. The maximum atomic E-state index is 12.8. The molecule has 24 heavy (non-hydrogen) atoms. The van der Waals surface area contributed by atoms with E-state index in [1.807, 2.05) is 24.3 Å². The van der Waals surface area contributed by atoms with Crippen LogP contribution < -0.4 is 0 Å². The van der Waals surface area contributed by atoms with E-state index < -0.39 is 5.97 Å². The van der Waals surface area contributed by atoms with E-state index in [2.05, 4.69) is 0 Å². The largest absolute Gasteiger partial charge is 0.507 e. The van der Waals surface area contributed by atoms with E-state index in [0.717, 1.165) is 23.6 Å². The van der Waals surface area contributed by atoms with Crippen molar-refractivity contribution in [1.82, 2.24) is 4.90 Å². The van der Waals surface area contributed by atoms with E-state index in [1.54, 1.807) is 17.0 Å². The van der Waals surface area contributed by atoms with Crippen LogP contribution in [-0.2, 0) is 4.79 Å². The first-order valence-corrected chi connectivity index (χ1v) is 8.27. The number of benzene rings is 2. The van der Waals surface area contributed by atoms with Gasteiger partial charge in [-0.3, -0.25) is 9.59 Å². The lowest BCUT2D eigenvalue weighted by molar-refractivity contribution is -0.137. The molecule has 0 aromatic heterocycles. The van der Waals surface area contributed by atoms with E-state index in [4.69, 9.17) is 5.11 Å². The summed E-state index contributed by atoms with van der Waals surface area (Å²) >= 11 is 0. The van der Waals surface area contributed by atoms with Gasteiger partial charge in [0.15, 0.2) is 0 Å². The Morgan fingerprint density at radius 2 is 1.88 bits per heavy atom. The highest BCUT2D eigenvalue weighted by atomic mass is 16.4. The number of phenols is 1. The lowest BCUT2D eigenvalue weighted by Gasteiger charge is -2.33. The highest BCUT2D eigenvalue weighted by Crippen LogP contribution is 2.28. The molecule has 0 spiro atoms. The molecule has 5 heteroatoms. The first kappa shape index (κ1) is 16.3. The van der Waals surface area contributed by atoms with Gasteiger partial charge in [0.25, 0.3) is 5.91 Å². The number of nitrogens with zero attached hydrogens (tertiary/aromatic N) is 1. The van der Waals surface area contributed by atoms with Gasteiger partial charge in [-0.2, -0.15) is 0 Å². The van der Waals surface area contributed by atoms with Gasteiger partial charge in [-0.15, -0.1) is 0 Å². The third-order valence-corrected chi connectivity index (χ3v) is 4.67. The second-order valence-corrected chi connectivity index (χ2v) is 6.41. The normalized spacial score (nSPS) is 17.8. The quantitative estimate of drug-likeness (QED) is 0.903. The summed E-state index contributed by atoms with van der Waals surface area (Å²) in [5, 5.41) is 20.9. The van der Waals surface area contributed by atoms with Gasteiger partial charge in [0, 0.05) is 19.5 Å². The number of hydrogen-bond donors (Lipinski definition) is 2. The van der Waals surface area contributed by atoms with Crippen molar-refractivity contribution in [3.05, 3.63) is 42.0 Å². The van der Waals surface area contributed by atoms with Gasteiger partial charge < -0.3 is 15.1 Å². The first-order chi connectivity index (χ1) is 11.5. The van der Waals surface area contributed by atoms with Crippen LogP contribution >= 0.6 is 0 Å². The molecule has 0 aliphatic carbocycles. The van der Waals surface area contributed by atoms with Gasteiger partial charge in [-0.25, -0.2) is 0 Å². The molecule has 1 aliphatic heterocycles. The van der Waals surface area contributed by atoms with Crippen molar-refractivity contribution in [1.29, 1.82) is 0 Å². The van der Waals surface area contributed by atoms with Crippen LogP contribution in [0.15, 0.2) is 36.4 Å². The molecule has 2 N–H and O–H groups in total. The van der Waals surface area contributed by atoms with Crippen LogP contribution in [0.1, 0.15) is 36.0 Å². The monoisotopic (exact) mass is 327 g/mol. The number of aromatic hydroxyl groups is 1. The summed E-state index contributed by atoms with van der Waals surface area (Å²) in [5.41, 5.74) is 0.313. The molecule has 0 bridgehead atoms. The summed E-state index contributed by atoms with van der Waals surface area (Å²) in [6, 6.07) is 10.9. The Labute approximate surface area is 140 Å². The third kappa shape index (κ3) is 3.50. The molecular formula is C19H21NO4. The molecule has 0 saturated carbocycles. The third-order valence-electron chi connectivity index (χ3n) is 4.67. The number of amides is 1. The number of carbonyl (C=O) groups excluding carboxylic acids is 1. The Morgan fingerprint density at radius 3 is 2.58 bits per heavy atom. The number of carboxylic acids is 1. The zero-order valence-electron chi connectivity index (χ0n) is 13.4. The molecule has 3 rings (SSSR count). The SMILES string of the molecule is O=C(O)CC[C@H]1CCCN(C(=O)c2cc3ccccc3cc2O)C1. The Hall–Kier alpha value is -2.56. The molecule has 1 amide bonds. The maximum Gasteiger partial charge on any atom is 0.303 e. The highest BCUT2D eigenvalue weighted by molar-refractivity contribution is 6.01. The molecule has 1 heterocycles. The zero-order chi connectivity index (χ0) is 17.1. The molecule has 0 radical (unpaired) electrons. The van der Waals surface area contributed by atoms with Crippen LogP contribution in [-0.4, -0.2) is 40.1 Å². The van der Waals surface area contributed by atoms with E-state index in [-0.39, 0.29) is 24.0 Å². The Morgan fingerprint density at radius 1 is 1.17 bits per heavy atom. The Balaban J connectivity index is 1.78. The van der Waals surface area contributed by atoms with Crippen LogP contribution in [0, 0.1) is 5.92 Å². The average Bonchev–Trinajstić information content (AvgIpc) is 2.59. The van der Waals surface area contributed by atoms with Crippen molar-refractivity contribution < 1.29 is 19.8 Å². The lowest BCUT2D eigenvalue weighted by atomic mass is 9.93. The average molecular weight is 327 g/mol. The first-order valence-electron chi connectivity index (χ1n) is 8.27.